The van der Waals surface area contributed by atoms with Crippen LogP contribution < -0.4 is 5.32 Å². The highest BCUT2D eigenvalue weighted by Gasteiger charge is 2.33. The second kappa shape index (κ2) is 6.29. The molecular weight excluding hydrogens is 318 g/mol. The lowest BCUT2D eigenvalue weighted by molar-refractivity contribution is 0.0922. The molecule has 2 aliphatic rings. The van der Waals surface area contributed by atoms with E-state index in [1.54, 1.807) is 6.07 Å². The Morgan fingerprint density at radius 3 is 2.88 bits per heavy atom. The van der Waals surface area contributed by atoms with Crippen molar-refractivity contribution in [3.63, 3.8) is 0 Å². The minimum absolute atomic E-state index is 0.130. The summed E-state index contributed by atoms with van der Waals surface area (Å²) in [5.74, 6) is 1.58. The number of rotatable bonds is 5. The predicted octanol–water partition coefficient (Wildman–Crippen LogP) is 1.84. The average molecular weight is 343 g/mol. The first kappa shape index (κ1) is 16.3. The Kier molecular flexibility index (Phi) is 4.11. The van der Waals surface area contributed by atoms with Crippen molar-refractivity contribution >= 4 is 5.91 Å². The fraction of sp³-hybridized carbons (Fsp3) is 0.611. The lowest BCUT2D eigenvalue weighted by Gasteiger charge is -2.16. The summed E-state index contributed by atoms with van der Waals surface area (Å²) in [5, 5.41) is 11.5. The third-order valence-corrected chi connectivity index (χ3v) is 5.25. The number of aryl methyl sites for hydroxylation is 2. The Morgan fingerprint density at radius 1 is 1.40 bits per heavy atom. The molecule has 134 valence electrons. The van der Waals surface area contributed by atoms with Crippen LogP contribution in [-0.2, 0) is 13.6 Å². The van der Waals surface area contributed by atoms with Crippen molar-refractivity contribution in [2.45, 2.75) is 45.2 Å². The van der Waals surface area contributed by atoms with Crippen LogP contribution in [0.15, 0.2) is 16.8 Å². The molecule has 1 amide bonds. The first-order chi connectivity index (χ1) is 12.0. The standard InChI is InChI=1S/C18H25N5O2/c1-11-7-23(9-14-8-22(3)20-12(14)2)10-16(11)19-18(24)15-6-17(25-21-15)13-4-5-13/h6,8,11,13,16H,4-5,7,9-10H2,1-3H3,(H,19,24)/t11-,16+/m0/s1. The zero-order chi connectivity index (χ0) is 17.6. The normalized spacial score (nSPS) is 24.0. The van der Waals surface area contributed by atoms with E-state index in [9.17, 15) is 4.79 Å². The molecule has 1 saturated heterocycles. The van der Waals surface area contributed by atoms with E-state index < -0.39 is 0 Å². The molecule has 3 heterocycles. The van der Waals surface area contributed by atoms with Crippen molar-refractivity contribution < 1.29 is 9.32 Å². The van der Waals surface area contributed by atoms with Gasteiger partial charge in [0, 0.05) is 56.5 Å². The van der Waals surface area contributed by atoms with Gasteiger partial charge in [-0.05, 0) is 25.7 Å². The summed E-state index contributed by atoms with van der Waals surface area (Å²) in [6.45, 7) is 6.89. The number of likely N-dealkylation sites (tertiary alicyclic amines) is 1. The topological polar surface area (TPSA) is 76.2 Å². The summed E-state index contributed by atoms with van der Waals surface area (Å²) in [7, 11) is 1.94. The van der Waals surface area contributed by atoms with Gasteiger partial charge in [-0.15, -0.1) is 0 Å². The van der Waals surface area contributed by atoms with Gasteiger partial charge in [-0.3, -0.25) is 14.4 Å². The molecule has 2 atom stereocenters. The molecule has 25 heavy (non-hydrogen) atoms. The van der Waals surface area contributed by atoms with E-state index in [-0.39, 0.29) is 11.9 Å². The Bertz CT molecular complexity index is 776. The molecule has 4 rings (SSSR count). The van der Waals surface area contributed by atoms with E-state index in [2.05, 4.69) is 33.6 Å². The minimum atomic E-state index is -0.132. The largest absolute Gasteiger partial charge is 0.360 e. The van der Waals surface area contributed by atoms with Crippen LogP contribution in [0.3, 0.4) is 0 Å². The zero-order valence-corrected chi connectivity index (χ0v) is 15.0. The maximum Gasteiger partial charge on any atom is 0.273 e. The van der Waals surface area contributed by atoms with Gasteiger partial charge in [-0.2, -0.15) is 5.10 Å². The smallest absolute Gasteiger partial charge is 0.273 e. The molecule has 1 saturated carbocycles. The molecule has 2 fully saturated rings. The molecule has 1 aliphatic heterocycles. The van der Waals surface area contributed by atoms with Crippen molar-refractivity contribution in [1.82, 2.24) is 25.2 Å². The van der Waals surface area contributed by atoms with Crippen LogP contribution in [0.5, 0.6) is 0 Å². The van der Waals surface area contributed by atoms with Gasteiger partial charge in [0.05, 0.1) is 5.69 Å². The monoisotopic (exact) mass is 343 g/mol. The number of nitrogens with zero attached hydrogens (tertiary/aromatic N) is 4. The van der Waals surface area contributed by atoms with Crippen LogP contribution in [0.2, 0.25) is 0 Å². The summed E-state index contributed by atoms with van der Waals surface area (Å²) in [6, 6.07) is 1.93. The number of carbonyl (C=O) groups is 1. The highest BCUT2D eigenvalue weighted by molar-refractivity contribution is 5.92. The van der Waals surface area contributed by atoms with Crippen molar-refractivity contribution in [2.75, 3.05) is 13.1 Å². The maximum absolute atomic E-state index is 12.5. The number of amides is 1. The molecule has 1 aliphatic carbocycles. The van der Waals surface area contributed by atoms with Crippen LogP contribution in [0.1, 0.15) is 53.2 Å². The Balaban J connectivity index is 1.35. The first-order valence-corrected chi connectivity index (χ1v) is 8.98. The number of carbonyl (C=O) groups excluding carboxylic acids is 1. The van der Waals surface area contributed by atoms with Gasteiger partial charge in [0.1, 0.15) is 5.76 Å². The van der Waals surface area contributed by atoms with Crippen molar-refractivity contribution in [1.29, 1.82) is 0 Å². The van der Waals surface area contributed by atoms with Gasteiger partial charge in [0.15, 0.2) is 5.69 Å². The van der Waals surface area contributed by atoms with Gasteiger partial charge in [-0.1, -0.05) is 12.1 Å². The average Bonchev–Trinajstić information content (AvgIpc) is 3.05. The summed E-state index contributed by atoms with van der Waals surface area (Å²) in [4.78, 5) is 14.8. The third kappa shape index (κ3) is 3.46. The van der Waals surface area contributed by atoms with Gasteiger partial charge in [-0.25, -0.2) is 0 Å². The second-order valence-electron chi connectivity index (χ2n) is 7.55. The molecule has 0 bridgehead atoms. The molecule has 0 radical (unpaired) electrons. The molecule has 2 aromatic rings. The molecule has 2 aromatic heterocycles. The van der Waals surface area contributed by atoms with E-state index in [4.69, 9.17) is 4.52 Å². The van der Waals surface area contributed by atoms with Gasteiger partial charge >= 0.3 is 0 Å². The van der Waals surface area contributed by atoms with E-state index in [1.165, 1.54) is 5.56 Å². The van der Waals surface area contributed by atoms with Crippen LogP contribution in [-0.4, -0.2) is 44.9 Å². The molecule has 7 nitrogen and oxygen atoms in total. The lowest BCUT2D eigenvalue weighted by atomic mass is 10.1. The van der Waals surface area contributed by atoms with Crippen LogP contribution in [0, 0.1) is 12.8 Å². The van der Waals surface area contributed by atoms with Crippen LogP contribution in [0.25, 0.3) is 0 Å². The zero-order valence-electron chi connectivity index (χ0n) is 15.0. The maximum atomic E-state index is 12.5. The fourth-order valence-electron chi connectivity index (χ4n) is 3.63. The second-order valence-corrected chi connectivity index (χ2v) is 7.55. The van der Waals surface area contributed by atoms with E-state index >= 15 is 0 Å². The van der Waals surface area contributed by atoms with Gasteiger partial charge in [0.2, 0.25) is 0 Å². The van der Waals surface area contributed by atoms with Crippen molar-refractivity contribution in [3.05, 3.63) is 35.0 Å². The summed E-state index contributed by atoms with van der Waals surface area (Å²) < 4.78 is 7.14. The molecule has 0 unspecified atom stereocenters. The minimum Gasteiger partial charge on any atom is -0.360 e. The van der Waals surface area contributed by atoms with Crippen molar-refractivity contribution in [3.8, 4) is 0 Å². The summed E-state index contributed by atoms with van der Waals surface area (Å²) in [5.41, 5.74) is 2.71. The Hall–Kier alpha value is -2.15. The fourth-order valence-corrected chi connectivity index (χ4v) is 3.63. The first-order valence-electron chi connectivity index (χ1n) is 8.98. The van der Waals surface area contributed by atoms with Crippen LogP contribution >= 0.6 is 0 Å². The highest BCUT2D eigenvalue weighted by Crippen LogP contribution is 2.40. The van der Waals surface area contributed by atoms with Gasteiger partial charge < -0.3 is 9.84 Å². The number of hydrogen-bond acceptors (Lipinski definition) is 5. The Labute approximate surface area is 147 Å². The van der Waals surface area contributed by atoms with Gasteiger partial charge in [0.25, 0.3) is 5.91 Å². The molecule has 0 spiro atoms. The molecule has 0 aromatic carbocycles. The van der Waals surface area contributed by atoms with Crippen LogP contribution in [0.4, 0.5) is 0 Å². The number of aromatic nitrogens is 3. The molecule has 7 heteroatoms. The lowest BCUT2D eigenvalue weighted by Crippen LogP contribution is -2.40. The Morgan fingerprint density at radius 2 is 2.20 bits per heavy atom. The van der Waals surface area contributed by atoms with E-state index in [1.807, 2.05) is 18.7 Å². The summed E-state index contributed by atoms with van der Waals surface area (Å²) in [6.07, 6.45) is 4.35. The molecule has 1 N–H and O–H groups in total. The predicted molar refractivity (Wildman–Crippen MR) is 92.1 cm³/mol. The highest BCUT2D eigenvalue weighted by atomic mass is 16.5. The molecular formula is C18H25N5O2. The van der Waals surface area contributed by atoms with E-state index in [0.29, 0.717) is 17.5 Å². The number of nitrogens with one attached hydrogen (secondary N) is 1. The number of hydrogen-bond donors (Lipinski definition) is 1. The quantitative estimate of drug-likeness (QED) is 0.896. The SMILES string of the molecule is Cc1nn(C)cc1CN1C[C@H](C)[C@H](NC(=O)c2cc(C3CC3)on2)C1. The van der Waals surface area contributed by atoms with Crippen molar-refractivity contribution in [2.24, 2.45) is 13.0 Å². The summed E-state index contributed by atoms with van der Waals surface area (Å²) >= 11 is 0. The third-order valence-electron chi connectivity index (χ3n) is 5.25. The van der Waals surface area contributed by atoms with E-state index in [0.717, 1.165) is 43.9 Å².